The summed E-state index contributed by atoms with van der Waals surface area (Å²) in [6.07, 6.45) is 0. The Morgan fingerprint density at radius 3 is 2.34 bits per heavy atom. The Morgan fingerprint density at radius 2 is 1.69 bits per heavy atom. The zero-order valence-electron chi connectivity index (χ0n) is 16.4. The van der Waals surface area contributed by atoms with E-state index in [1.807, 2.05) is 12.1 Å². The first kappa shape index (κ1) is 19.8. The summed E-state index contributed by atoms with van der Waals surface area (Å²) in [5.41, 5.74) is 3.30. The number of thioether (sulfide) groups is 1. The number of anilines is 2. The van der Waals surface area contributed by atoms with Crippen molar-refractivity contribution < 1.29 is 9.59 Å². The topological polar surface area (TPSA) is 55.9 Å². The predicted octanol–water partition coefficient (Wildman–Crippen LogP) is 2.48. The van der Waals surface area contributed by atoms with Crippen LogP contribution in [0.3, 0.4) is 0 Å². The van der Waals surface area contributed by atoms with E-state index in [9.17, 15) is 9.59 Å². The molecule has 2 aromatic rings. The van der Waals surface area contributed by atoms with Gasteiger partial charge < -0.3 is 15.1 Å². The lowest BCUT2D eigenvalue weighted by Gasteiger charge is -2.36. The highest BCUT2D eigenvalue weighted by atomic mass is 32.2. The lowest BCUT2D eigenvalue weighted by Crippen LogP contribution is -2.45. The Labute approximate surface area is 175 Å². The molecule has 2 heterocycles. The van der Waals surface area contributed by atoms with Crippen LogP contribution in [0.5, 0.6) is 0 Å². The number of carbonyl (C=O) groups excluding carboxylic acids is 2. The van der Waals surface area contributed by atoms with Crippen LogP contribution in [0.25, 0.3) is 0 Å². The fraction of sp³-hybridized carbons (Fsp3) is 0.364. The van der Waals surface area contributed by atoms with E-state index in [1.165, 1.54) is 11.3 Å². The van der Waals surface area contributed by atoms with E-state index in [-0.39, 0.29) is 18.4 Å². The molecule has 0 saturated carbocycles. The molecule has 1 N–H and O–H groups in total. The standard InChI is InChI=1S/C22H26N4O2S/c27-21(15-26-17-29-16-22(26)28)23-19-6-8-20(9-7-19)25-12-10-24(11-13-25)14-18-4-2-1-3-5-18/h1-9H,10-17H2,(H,23,27). The van der Waals surface area contributed by atoms with Gasteiger partial charge in [-0.25, -0.2) is 0 Å². The third kappa shape index (κ3) is 5.31. The van der Waals surface area contributed by atoms with Gasteiger partial charge in [0.05, 0.1) is 11.6 Å². The summed E-state index contributed by atoms with van der Waals surface area (Å²) in [6, 6.07) is 18.6. The second-order valence-corrected chi connectivity index (χ2v) is 8.37. The molecule has 0 spiro atoms. The number of rotatable bonds is 6. The molecular weight excluding hydrogens is 384 g/mol. The van der Waals surface area contributed by atoms with Crippen LogP contribution in [0.4, 0.5) is 11.4 Å². The second kappa shape index (κ2) is 9.33. The molecule has 0 atom stereocenters. The summed E-state index contributed by atoms with van der Waals surface area (Å²) in [6.45, 7) is 5.18. The molecule has 29 heavy (non-hydrogen) atoms. The fourth-order valence-electron chi connectivity index (χ4n) is 3.68. The molecule has 2 aromatic carbocycles. The first-order valence-electron chi connectivity index (χ1n) is 9.94. The Morgan fingerprint density at radius 1 is 0.966 bits per heavy atom. The van der Waals surface area contributed by atoms with Crippen LogP contribution in [0.2, 0.25) is 0 Å². The summed E-state index contributed by atoms with van der Waals surface area (Å²) in [4.78, 5) is 30.2. The van der Waals surface area contributed by atoms with Gasteiger partial charge in [0, 0.05) is 44.1 Å². The third-order valence-corrected chi connectivity index (χ3v) is 6.24. The lowest BCUT2D eigenvalue weighted by molar-refractivity contribution is -0.130. The minimum Gasteiger partial charge on any atom is -0.369 e. The van der Waals surface area contributed by atoms with Crippen molar-refractivity contribution in [2.45, 2.75) is 6.54 Å². The van der Waals surface area contributed by atoms with Crippen LogP contribution in [-0.2, 0) is 16.1 Å². The number of hydrogen-bond donors (Lipinski definition) is 1. The molecule has 0 bridgehead atoms. The molecule has 0 radical (unpaired) electrons. The number of benzene rings is 2. The molecule has 4 rings (SSSR count). The van der Waals surface area contributed by atoms with Crippen molar-refractivity contribution in [2.75, 3.05) is 54.6 Å². The minimum atomic E-state index is -0.150. The second-order valence-electron chi connectivity index (χ2n) is 7.41. The van der Waals surface area contributed by atoms with Gasteiger partial charge in [-0.2, -0.15) is 0 Å². The van der Waals surface area contributed by atoms with E-state index in [0.29, 0.717) is 11.6 Å². The molecule has 2 fully saturated rings. The molecule has 0 aliphatic carbocycles. The molecule has 7 heteroatoms. The van der Waals surface area contributed by atoms with E-state index in [1.54, 1.807) is 16.7 Å². The van der Waals surface area contributed by atoms with Gasteiger partial charge in [0.25, 0.3) is 0 Å². The molecule has 2 amide bonds. The van der Waals surface area contributed by atoms with Gasteiger partial charge in [-0.1, -0.05) is 30.3 Å². The molecule has 2 aliphatic rings. The van der Waals surface area contributed by atoms with Gasteiger partial charge in [-0.15, -0.1) is 11.8 Å². The molecule has 2 saturated heterocycles. The van der Waals surface area contributed by atoms with Gasteiger partial charge in [0.1, 0.15) is 6.54 Å². The van der Waals surface area contributed by atoms with Crippen LogP contribution >= 0.6 is 11.8 Å². The van der Waals surface area contributed by atoms with Crippen molar-refractivity contribution in [1.82, 2.24) is 9.80 Å². The normalized spacial score (nSPS) is 17.6. The van der Waals surface area contributed by atoms with Gasteiger partial charge in [0.2, 0.25) is 11.8 Å². The molecule has 2 aliphatic heterocycles. The van der Waals surface area contributed by atoms with Crippen molar-refractivity contribution in [3.05, 3.63) is 60.2 Å². The smallest absolute Gasteiger partial charge is 0.244 e. The fourth-order valence-corrected chi connectivity index (χ4v) is 4.58. The summed E-state index contributed by atoms with van der Waals surface area (Å²) in [7, 11) is 0. The van der Waals surface area contributed by atoms with Crippen LogP contribution in [-0.4, -0.2) is 66.0 Å². The maximum atomic E-state index is 12.2. The molecule has 6 nitrogen and oxygen atoms in total. The van der Waals surface area contributed by atoms with Crippen LogP contribution in [0, 0.1) is 0 Å². The van der Waals surface area contributed by atoms with Gasteiger partial charge in [-0.3, -0.25) is 14.5 Å². The van der Waals surface area contributed by atoms with Crippen molar-refractivity contribution in [3.63, 3.8) is 0 Å². The zero-order chi connectivity index (χ0) is 20.1. The largest absolute Gasteiger partial charge is 0.369 e. The van der Waals surface area contributed by atoms with Crippen molar-refractivity contribution in [2.24, 2.45) is 0 Å². The van der Waals surface area contributed by atoms with Gasteiger partial charge in [-0.05, 0) is 29.8 Å². The number of nitrogens with zero attached hydrogens (tertiary/aromatic N) is 3. The molecular formula is C22H26N4O2S. The monoisotopic (exact) mass is 410 g/mol. The Hall–Kier alpha value is -2.51. The Balaban J connectivity index is 1.25. The van der Waals surface area contributed by atoms with Crippen molar-refractivity contribution >= 4 is 35.0 Å². The van der Waals surface area contributed by atoms with Gasteiger partial charge >= 0.3 is 0 Å². The summed E-state index contributed by atoms with van der Waals surface area (Å²) >= 11 is 1.54. The first-order chi connectivity index (χ1) is 14.2. The van der Waals surface area contributed by atoms with E-state index in [2.05, 4.69) is 57.6 Å². The minimum absolute atomic E-state index is 0.0342. The quantitative estimate of drug-likeness (QED) is 0.793. The van der Waals surface area contributed by atoms with Gasteiger partial charge in [0.15, 0.2) is 0 Å². The average molecular weight is 411 g/mol. The SMILES string of the molecule is O=C(CN1CSCC1=O)Nc1ccc(N2CCN(Cc3ccccc3)CC2)cc1. The van der Waals surface area contributed by atoms with Crippen molar-refractivity contribution in [1.29, 1.82) is 0 Å². The maximum Gasteiger partial charge on any atom is 0.244 e. The predicted molar refractivity (Wildman–Crippen MR) is 118 cm³/mol. The number of nitrogens with one attached hydrogen (secondary N) is 1. The molecule has 0 aromatic heterocycles. The first-order valence-corrected chi connectivity index (χ1v) is 11.1. The maximum absolute atomic E-state index is 12.2. The van der Waals surface area contributed by atoms with Crippen LogP contribution in [0.1, 0.15) is 5.56 Å². The van der Waals surface area contributed by atoms with Crippen LogP contribution < -0.4 is 10.2 Å². The Bertz CT molecular complexity index is 836. The highest BCUT2D eigenvalue weighted by molar-refractivity contribution is 8.00. The van der Waals surface area contributed by atoms with Crippen LogP contribution in [0.15, 0.2) is 54.6 Å². The van der Waals surface area contributed by atoms with E-state index >= 15 is 0 Å². The van der Waals surface area contributed by atoms with Crippen molar-refractivity contribution in [3.8, 4) is 0 Å². The highest BCUT2D eigenvalue weighted by Gasteiger charge is 2.23. The summed E-state index contributed by atoms with van der Waals surface area (Å²) < 4.78 is 0. The number of hydrogen-bond acceptors (Lipinski definition) is 5. The number of carbonyl (C=O) groups is 2. The zero-order valence-corrected chi connectivity index (χ0v) is 17.2. The third-order valence-electron chi connectivity index (χ3n) is 5.30. The highest BCUT2D eigenvalue weighted by Crippen LogP contribution is 2.21. The van der Waals surface area contributed by atoms with E-state index in [0.717, 1.165) is 38.4 Å². The summed E-state index contributed by atoms with van der Waals surface area (Å²) in [5.74, 6) is 0.956. The van der Waals surface area contributed by atoms with E-state index < -0.39 is 0 Å². The van der Waals surface area contributed by atoms with E-state index in [4.69, 9.17) is 0 Å². The molecule has 0 unspecified atom stereocenters. The lowest BCUT2D eigenvalue weighted by atomic mass is 10.2. The average Bonchev–Trinajstić information content (AvgIpc) is 3.14. The number of piperazine rings is 1. The Kier molecular flexibility index (Phi) is 6.36. The molecule has 152 valence electrons. The number of amides is 2. The summed E-state index contributed by atoms with van der Waals surface area (Å²) in [5, 5.41) is 2.89.